The molecule has 0 aromatic heterocycles. The number of hydrogen-bond acceptors (Lipinski definition) is 3. The quantitative estimate of drug-likeness (QED) is 0.741. The van der Waals surface area contributed by atoms with Crippen LogP contribution in [0.2, 0.25) is 0 Å². The highest BCUT2D eigenvalue weighted by atomic mass is 16.5. The van der Waals surface area contributed by atoms with Gasteiger partial charge in [0.2, 0.25) is 0 Å². The van der Waals surface area contributed by atoms with Gasteiger partial charge in [-0.3, -0.25) is 9.59 Å². The Morgan fingerprint density at radius 2 is 2.13 bits per heavy atom. The molecule has 86 valence electrons. The molecule has 15 heavy (non-hydrogen) atoms. The summed E-state index contributed by atoms with van der Waals surface area (Å²) in [7, 11) is 1.61. The van der Waals surface area contributed by atoms with Crippen molar-refractivity contribution in [1.29, 1.82) is 0 Å². The smallest absolute Gasteiger partial charge is 0.305 e. The lowest BCUT2D eigenvalue weighted by Crippen LogP contribution is -2.37. The van der Waals surface area contributed by atoms with Crippen molar-refractivity contribution >= 4 is 11.9 Å². The maximum absolute atomic E-state index is 11.7. The van der Waals surface area contributed by atoms with Gasteiger partial charge < -0.3 is 14.7 Å². The number of carbonyl (C=O) groups is 2. The number of aliphatic carboxylic acids is 1. The van der Waals surface area contributed by atoms with Crippen molar-refractivity contribution in [1.82, 2.24) is 4.90 Å². The van der Waals surface area contributed by atoms with Crippen LogP contribution < -0.4 is 0 Å². The minimum absolute atomic E-state index is 0.0233. The van der Waals surface area contributed by atoms with Crippen LogP contribution in [0.15, 0.2) is 0 Å². The minimum Gasteiger partial charge on any atom is -0.481 e. The summed E-state index contributed by atoms with van der Waals surface area (Å²) in [6.45, 7) is 2.17. The van der Waals surface area contributed by atoms with Crippen LogP contribution >= 0.6 is 0 Å². The van der Waals surface area contributed by atoms with Gasteiger partial charge in [-0.1, -0.05) is 0 Å². The molecular formula is C10H17NO4. The Hall–Kier alpha value is -1.10. The van der Waals surface area contributed by atoms with Crippen molar-refractivity contribution < 1.29 is 19.4 Å². The number of hydrogen-bond donors (Lipinski definition) is 1. The second kappa shape index (κ2) is 5.11. The van der Waals surface area contributed by atoms with Crippen molar-refractivity contribution in [3.63, 3.8) is 0 Å². The van der Waals surface area contributed by atoms with E-state index in [1.807, 2.05) is 6.92 Å². The predicted octanol–water partition coefficient (Wildman–Crippen LogP) is 0.487. The third kappa shape index (κ3) is 3.51. The van der Waals surface area contributed by atoms with E-state index in [9.17, 15) is 9.59 Å². The fourth-order valence-corrected chi connectivity index (χ4v) is 1.60. The second-order valence-corrected chi connectivity index (χ2v) is 3.92. The molecule has 2 atom stereocenters. The largest absolute Gasteiger partial charge is 0.481 e. The first-order chi connectivity index (χ1) is 7.00. The number of amides is 1. The molecule has 0 radical (unpaired) electrons. The van der Waals surface area contributed by atoms with Gasteiger partial charge >= 0.3 is 5.97 Å². The van der Waals surface area contributed by atoms with E-state index in [-0.39, 0.29) is 31.1 Å². The number of nitrogens with zero attached hydrogens (tertiary/aromatic N) is 1. The molecule has 0 saturated carbocycles. The van der Waals surface area contributed by atoms with E-state index in [0.29, 0.717) is 0 Å². The maximum Gasteiger partial charge on any atom is 0.305 e. The van der Waals surface area contributed by atoms with Gasteiger partial charge in [0.1, 0.15) is 6.10 Å². The molecule has 1 saturated heterocycles. The van der Waals surface area contributed by atoms with Crippen LogP contribution in [-0.2, 0) is 14.3 Å². The van der Waals surface area contributed by atoms with E-state index in [0.717, 1.165) is 12.8 Å². The lowest BCUT2D eigenvalue weighted by molar-refractivity contribution is -0.143. The second-order valence-electron chi connectivity index (χ2n) is 3.92. The van der Waals surface area contributed by atoms with Crippen molar-refractivity contribution in [3.05, 3.63) is 0 Å². The average Bonchev–Trinajstić information content (AvgIpc) is 2.60. The van der Waals surface area contributed by atoms with Gasteiger partial charge in [0, 0.05) is 13.6 Å². The Balaban J connectivity index is 2.35. The monoisotopic (exact) mass is 215 g/mol. The molecule has 0 aromatic rings. The SMILES string of the molecule is CC1CCC(C(=O)N(C)CCC(=O)O)O1. The Bertz CT molecular complexity index is 254. The molecule has 1 aliphatic heterocycles. The van der Waals surface area contributed by atoms with Gasteiger partial charge in [-0.25, -0.2) is 0 Å². The Morgan fingerprint density at radius 3 is 2.60 bits per heavy atom. The Morgan fingerprint density at radius 1 is 1.47 bits per heavy atom. The van der Waals surface area contributed by atoms with Gasteiger partial charge in [-0.15, -0.1) is 0 Å². The molecule has 1 aliphatic rings. The summed E-state index contributed by atoms with van der Waals surface area (Å²) in [6.07, 6.45) is 1.36. The summed E-state index contributed by atoms with van der Waals surface area (Å²) >= 11 is 0. The van der Waals surface area contributed by atoms with Crippen LogP contribution in [0.1, 0.15) is 26.2 Å². The van der Waals surface area contributed by atoms with Gasteiger partial charge in [0.15, 0.2) is 0 Å². The highest BCUT2D eigenvalue weighted by Gasteiger charge is 2.30. The van der Waals surface area contributed by atoms with E-state index >= 15 is 0 Å². The first-order valence-corrected chi connectivity index (χ1v) is 5.13. The third-order valence-corrected chi connectivity index (χ3v) is 2.54. The highest BCUT2D eigenvalue weighted by molar-refractivity contribution is 5.81. The standard InChI is InChI=1S/C10H17NO4/c1-7-3-4-8(15-7)10(14)11(2)6-5-9(12)13/h7-8H,3-6H2,1-2H3,(H,12,13). The van der Waals surface area contributed by atoms with Gasteiger partial charge in [0.05, 0.1) is 12.5 Å². The number of ether oxygens (including phenoxy) is 1. The average molecular weight is 215 g/mol. The van der Waals surface area contributed by atoms with Gasteiger partial charge in [-0.05, 0) is 19.8 Å². The first kappa shape index (κ1) is 12.0. The number of carboxylic acids is 1. The van der Waals surface area contributed by atoms with E-state index in [1.165, 1.54) is 4.90 Å². The van der Waals surface area contributed by atoms with Gasteiger partial charge in [-0.2, -0.15) is 0 Å². The summed E-state index contributed by atoms with van der Waals surface area (Å²) in [6, 6.07) is 0. The molecule has 1 fully saturated rings. The van der Waals surface area contributed by atoms with Crippen LogP contribution in [0.5, 0.6) is 0 Å². The van der Waals surface area contributed by atoms with Crippen molar-refractivity contribution in [2.45, 2.75) is 38.4 Å². The van der Waals surface area contributed by atoms with E-state index in [2.05, 4.69) is 0 Å². The number of rotatable bonds is 4. The fourth-order valence-electron chi connectivity index (χ4n) is 1.60. The molecule has 0 aromatic carbocycles. The Kier molecular flexibility index (Phi) is 4.08. The molecule has 5 heteroatoms. The van der Waals surface area contributed by atoms with E-state index < -0.39 is 5.97 Å². The summed E-state index contributed by atoms with van der Waals surface area (Å²) in [5, 5.41) is 8.48. The molecule has 1 amide bonds. The van der Waals surface area contributed by atoms with Crippen LogP contribution in [0, 0.1) is 0 Å². The summed E-state index contributed by atoms with van der Waals surface area (Å²) in [4.78, 5) is 23.5. The predicted molar refractivity (Wildman–Crippen MR) is 53.5 cm³/mol. The highest BCUT2D eigenvalue weighted by Crippen LogP contribution is 2.20. The molecule has 2 unspecified atom stereocenters. The zero-order valence-electron chi connectivity index (χ0n) is 9.10. The van der Waals surface area contributed by atoms with Crippen LogP contribution in [0.25, 0.3) is 0 Å². The third-order valence-electron chi connectivity index (χ3n) is 2.54. The zero-order valence-corrected chi connectivity index (χ0v) is 9.10. The number of likely N-dealkylation sites (N-methyl/N-ethyl adjacent to an activating group) is 1. The lowest BCUT2D eigenvalue weighted by Gasteiger charge is -2.20. The van der Waals surface area contributed by atoms with Crippen molar-refractivity contribution in [3.8, 4) is 0 Å². The molecule has 0 bridgehead atoms. The topological polar surface area (TPSA) is 66.8 Å². The Labute approximate surface area is 89.0 Å². The molecular weight excluding hydrogens is 198 g/mol. The van der Waals surface area contributed by atoms with Gasteiger partial charge in [0.25, 0.3) is 5.91 Å². The first-order valence-electron chi connectivity index (χ1n) is 5.13. The molecule has 0 spiro atoms. The van der Waals surface area contributed by atoms with Crippen molar-refractivity contribution in [2.75, 3.05) is 13.6 Å². The summed E-state index contributed by atoms with van der Waals surface area (Å²) < 4.78 is 5.41. The van der Waals surface area contributed by atoms with Crippen molar-refractivity contribution in [2.24, 2.45) is 0 Å². The molecule has 1 heterocycles. The minimum atomic E-state index is -0.893. The molecule has 1 rings (SSSR count). The lowest BCUT2D eigenvalue weighted by atomic mass is 10.2. The zero-order chi connectivity index (χ0) is 11.4. The number of carboxylic acid groups (broad SMARTS) is 1. The molecule has 0 aliphatic carbocycles. The van der Waals surface area contributed by atoms with Crippen LogP contribution in [0.3, 0.4) is 0 Å². The molecule has 5 nitrogen and oxygen atoms in total. The maximum atomic E-state index is 11.7. The van der Waals surface area contributed by atoms with Crippen LogP contribution in [0.4, 0.5) is 0 Å². The van der Waals surface area contributed by atoms with Crippen LogP contribution in [-0.4, -0.2) is 47.7 Å². The molecule has 1 N–H and O–H groups in total. The normalized spacial score (nSPS) is 25.2. The summed E-state index contributed by atoms with van der Waals surface area (Å²) in [5.74, 6) is -1.00. The van der Waals surface area contributed by atoms with E-state index in [4.69, 9.17) is 9.84 Å². The fraction of sp³-hybridized carbons (Fsp3) is 0.800. The number of carbonyl (C=O) groups excluding carboxylic acids is 1. The van der Waals surface area contributed by atoms with E-state index in [1.54, 1.807) is 7.05 Å². The summed E-state index contributed by atoms with van der Waals surface area (Å²) in [5.41, 5.74) is 0.